The van der Waals surface area contributed by atoms with Crippen molar-refractivity contribution in [1.82, 2.24) is 4.90 Å². The molecule has 0 radical (unpaired) electrons. The molecule has 1 fully saturated rings. The number of nitrogens with zero attached hydrogens (tertiary/aromatic N) is 1. The molecular formula is C11H13Cl2N. The number of halogens is 2. The van der Waals surface area contributed by atoms with E-state index in [1.165, 1.54) is 12.0 Å². The molecule has 1 heterocycles. The Labute approximate surface area is 94.6 Å². The lowest BCUT2D eigenvalue weighted by molar-refractivity contribution is 0.411. The Bertz CT molecular complexity index is 318. The van der Waals surface area contributed by atoms with Gasteiger partial charge in [-0.15, -0.1) is 0 Å². The van der Waals surface area contributed by atoms with Gasteiger partial charge in [0.2, 0.25) is 0 Å². The van der Waals surface area contributed by atoms with Crippen LogP contribution in [-0.4, -0.2) is 25.0 Å². The van der Waals surface area contributed by atoms with Crippen molar-refractivity contribution < 1.29 is 0 Å². The maximum absolute atomic E-state index is 5.97. The van der Waals surface area contributed by atoms with Gasteiger partial charge in [-0.3, -0.25) is 0 Å². The van der Waals surface area contributed by atoms with E-state index >= 15 is 0 Å². The predicted octanol–water partition coefficient (Wildman–Crippen LogP) is 3.41. The first-order valence-corrected chi connectivity index (χ1v) is 5.55. The molecule has 1 aromatic carbocycles. The van der Waals surface area contributed by atoms with Gasteiger partial charge in [0, 0.05) is 16.6 Å². The highest BCUT2D eigenvalue weighted by molar-refractivity contribution is 6.34. The molecule has 76 valence electrons. The van der Waals surface area contributed by atoms with E-state index in [-0.39, 0.29) is 0 Å². The fourth-order valence-electron chi connectivity index (χ4n) is 2.02. The number of likely N-dealkylation sites (N-methyl/N-ethyl adjacent to an activating group) is 1. The SMILES string of the molecule is CN1CCC(c2cc(Cl)cc(Cl)c2)C1. The largest absolute Gasteiger partial charge is 0.306 e. The van der Waals surface area contributed by atoms with Crippen LogP contribution in [0, 0.1) is 0 Å². The van der Waals surface area contributed by atoms with Gasteiger partial charge in [0.1, 0.15) is 0 Å². The van der Waals surface area contributed by atoms with Crippen molar-refractivity contribution in [2.45, 2.75) is 12.3 Å². The third-order valence-electron chi connectivity index (χ3n) is 2.75. The van der Waals surface area contributed by atoms with Gasteiger partial charge in [-0.1, -0.05) is 23.2 Å². The monoisotopic (exact) mass is 229 g/mol. The Morgan fingerprint density at radius 1 is 1.21 bits per heavy atom. The van der Waals surface area contributed by atoms with Crippen molar-refractivity contribution in [3.8, 4) is 0 Å². The molecule has 0 amide bonds. The van der Waals surface area contributed by atoms with Gasteiger partial charge in [0.15, 0.2) is 0 Å². The minimum atomic E-state index is 0.594. The number of benzene rings is 1. The van der Waals surface area contributed by atoms with Crippen LogP contribution in [0.15, 0.2) is 18.2 Å². The average molecular weight is 230 g/mol. The Morgan fingerprint density at radius 2 is 1.86 bits per heavy atom. The summed E-state index contributed by atoms with van der Waals surface area (Å²) in [5.41, 5.74) is 1.27. The zero-order valence-electron chi connectivity index (χ0n) is 8.13. The average Bonchev–Trinajstić information content (AvgIpc) is 2.50. The maximum atomic E-state index is 5.97. The van der Waals surface area contributed by atoms with Gasteiger partial charge in [-0.2, -0.15) is 0 Å². The zero-order chi connectivity index (χ0) is 10.1. The molecule has 0 N–H and O–H groups in total. The van der Waals surface area contributed by atoms with Crippen LogP contribution in [0.1, 0.15) is 17.9 Å². The van der Waals surface area contributed by atoms with E-state index in [1.807, 2.05) is 12.1 Å². The van der Waals surface area contributed by atoms with Crippen LogP contribution in [0.5, 0.6) is 0 Å². The van der Waals surface area contributed by atoms with E-state index in [9.17, 15) is 0 Å². The lowest BCUT2D eigenvalue weighted by Crippen LogP contribution is -2.13. The standard InChI is InChI=1S/C11H13Cl2N/c1-14-3-2-8(7-14)9-4-10(12)6-11(13)5-9/h4-6,8H,2-3,7H2,1H3. The summed E-state index contributed by atoms with van der Waals surface area (Å²) in [6.07, 6.45) is 1.20. The van der Waals surface area contributed by atoms with E-state index in [0.29, 0.717) is 5.92 Å². The number of rotatable bonds is 1. The highest BCUT2D eigenvalue weighted by Crippen LogP contribution is 2.30. The van der Waals surface area contributed by atoms with Crippen LogP contribution < -0.4 is 0 Å². The molecule has 1 aliphatic heterocycles. The van der Waals surface area contributed by atoms with E-state index in [4.69, 9.17) is 23.2 Å². The molecule has 0 aliphatic carbocycles. The first kappa shape index (κ1) is 10.3. The number of likely N-dealkylation sites (tertiary alicyclic amines) is 1. The van der Waals surface area contributed by atoms with E-state index in [1.54, 1.807) is 6.07 Å². The summed E-state index contributed by atoms with van der Waals surface area (Å²) in [5.74, 6) is 0.594. The van der Waals surface area contributed by atoms with Crippen molar-refractivity contribution in [2.24, 2.45) is 0 Å². The summed E-state index contributed by atoms with van der Waals surface area (Å²) < 4.78 is 0. The van der Waals surface area contributed by atoms with Gasteiger partial charge < -0.3 is 4.90 Å². The molecule has 1 nitrogen and oxygen atoms in total. The lowest BCUT2D eigenvalue weighted by atomic mass is 9.99. The van der Waals surface area contributed by atoms with E-state index in [0.717, 1.165) is 23.1 Å². The minimum absolute atomic E-state index is 0.594. The van der Waals surface area contributed by atoms with Crippen LogP contribution in [0.2, 0.25) is 10.0 Å². The van der Waals surface area contributed by atoms with Crippen molar-refractivity contribution in [1.29, 1.82) is 0 Å². The molecule has 1 saturated heterocycles. The highest BCUT2D eigenvalue weighted by atomic mass is 35.5. The molecule has 0 spiro atoms. The second kappa shape index (κ2) is 4.09. The molecule has 1 atom stereocenters. The van der Waals surface area contributed by atoms with Crippen molar-refractivity contribution in [3.63, 3.8) is 0 Å². The van der Waals surface area contributed by atoms with Crippen LogP contribution in [0.25, 0.3) is 0 Å². The maximum Gasteiger partial charge on any atom is 0.0423 e. The molecule has 1 aromatic rings. The first-order chi connectivity index (χ1) is 6.65. The second-order valence-electron chi connectivity index (χ2n) is 3.95. The quantitative estimate of drug-likeness (QED) is 0.714. The summed E-state index contributed by atoms with van der Waals surface area (Å²) in [6, 6.07) is 5.83. The summed E-state index contributed by atoms with van der Waals surface area (Å²) in [4.78, 5) is 2.33. The van der Waals surface area contributed by atoms with Crippen LogP contribution in [-0.2, 0) is 0 Å². The summed E-state index contributed by atoms with van der Waals surface area (Å²) in [6.45, 7) is 2.27. The Morgan fingerprint density at radius 3 is 2.36 bits per heavy atom. The topological polar surface area (TPSA) is 3.24 Å². The van der Waals surface area contributed by atoms with Gasteiger partial charge in [0.25, 0.3) is 0 Å². The van der Waals surface area contributed by atoms with Gasteiger partial charge >= 0.3 is 0 Å². The molecule has 3 heteroatoms. The first-order valence-electron chi connectivity index (χ1n) is 4.79. The minimum Gasteiger partial charge on any atom is -0.306 e. The number of hydrogen-bond acceptors (Lipinski definition) is 1. The molecule has 1 aliphatic rings. The summed E-state index contributed by atoms with van der Waals surface area (Å²) >= 11 is 11.9. The van der Waals surface area contributed by atoms with E-state index in [2.05, 4.69) is 11.9 Å². The van der Waals surface area contributed by atoms with Crippen LogP contribution in [0.3, 0.4) is 0 Å². The molecule has 14 heavy (non-hydrogen) atoms. The zero-order valence-corrected chi connectivity index (χ0v) is 9.65. The Balaban J connectivity index is 2.23. The second-order valence-corrected chi connectivity index (χ2v) is 4.82. The van der Waals surface area contributed by atoms with Crippen molar-refractivity contribution >= 4 is 23.2 Å². The molecule has 1 unspecified atom stereocenters. The Hall–Kier alpha value is -0.240. The third kappa shape index (κ3) is 2.22. The van der Waals surface area contributed by atoms with Gasteiger partial charge in [-0.25, -0.2) is 0 Å². The van der Waals surface area contributed by atoms with E-state index < -0.39 is 0 Å². The summed E-state index contributed by atoms with van der Waals surface area (Å²) in [7, 11) is 2.14. The molecule has 2 rings (SSSR count). The highest BCUT2D eigenvalue weighted by Gasteiger charge is 2.21. The molecule has 0 saturated carbocycles. The third-order valence-corrected chi connectivity index (χ3v) is 3.18. The fraction of sp³-hybridized carbons (Fsp3) is 0.455. The normalized spacial score (nSPS) is 22.9. The van der Waals surface area contributed by atoms with Crippen molar-refractivity contribution in [3.05, 3.63) is 33.8 Å². The summed E-state index contributed by atoms with van der Waals surface area (Å²) in [5, 5.41) is 1.48. The smallest absolute Gasteiger partial charge is 0.0423 e. The molecule has 0 aromatic heterocycles. The van der Waals surface area contributed by atoms with Crippen LogP contribution in [0.4, 0.5) is 0 Å². The van der Waals surface area contributed by atoms with Gasteiger partial charge in [-0.05, 0) is 49.7 Å². The fourth-order valence-corrected chi connectivity index (χ4v) is 2.56. The number of hydrogen-bond donors (Lipinski definition) is 0. The molecule has 0 bridgehead atoms. The van der Waals surface area contributed by atoms with Gasteiger partial charge in [0.05, 0.1) is 0 Å². The lowest BCUT2D eigenvalue weighted by Gasteiger charge is -2.11. The van der Waals surface area contributed by atoms with Crippen molar-refractivity contribution in [2.75, 3.05) is 20.1 Å². The predicted molar refractivity (Wildman–Crippen MR) is 61.3 cm³/mol. The molecular weight excluding hydrogens is 217 g/mol. The Kier molecular flexibility index (Phi) is 3.01. The van der Waals surface area contributed by atoms with Crippen LogP contribution >= 0.6 is 23.2 Å².